The molecule has 0 bridgehead atoms. The highest BCUT2D eigenvalue weighted by atomic mass is 79.9. The zero-order valence-corrected chi connectivity index (χ0v) is 11.3. The van der Waals surface area contributed by atoms with Gasteiger partial charge in [0.1, 0.15) is 11.9 Å². The maximum absolute atomic E-state index is 13.2. The molecule has 0 unspecified atom stereocenters. The van der Waals surface area contributed by atoms with Crippen molar-refractivity contribution >= 4 is 21.9 Å². The Bertz CT molecular complexity index is 409. The molecule has 0 saturated carbocycles. The monoisotopic (exact) mass is 303 g/mol. The first kappa shape index (κ1) is 14.1. The van der Waals surface area contributed by atoms with Crippen LogP contribution in [0.3, 0.4) is 0 Å². The van der Waals surface area contributed by atoms with Crippen molar-refractivity contribution in [3.63, 3.8) is 0 Å². The lowest BCUT2D eigenvalue weighted by Gasteiger charge is -2.17. The van der Waals surface area contributed by atoms with E-state index in [1.54, 1.807) is 12.1 Å². The summed E-state index contributed by atoms with van der Waals surface area (Å²) in [7, 11) is 0. The van der Waals surface area contributed by atoms with Gasteiger partial charge in [-0.2, -0.15) is 0 Å². The van der Waals surface area contributed by atoms with Crippen LogP contribution in [0, 0.1) is 11.7 Å². The van der Waals surface area contributed by atoms with Crippen LogP contribution in [0.15, 0.2) is 22.7 Å². The van der Waals surface area contributed by atoms with Gasteiger partial charge < -0.3 is 10.4 Å². The van der Waals surface area contributed by atoms with Crippen LogP contribution in [0.25, 0.3) is 0 Å². The SMILES string of the molecule is CC(C)[C@H](NCc1ccc(Br)c(F)c1)C(=O)O. The van der Waals surface area contributed by atoms with Crippen molar-refractivity contribution in [3.8, 4) is 0 Å². The summed E-state index contributed by atoms with van der Waals surface area (Å²) in [6, 6.07) is 4.12. The molecule has 0 spiro atoms. The van der Waals surface area contributed by atoms with E-state index < -0.39 is 12.0 Å². The molecule has 17 heavy (non-hydrogen) atoms. The molecule has 1 aromatic carbocycles. The third-order valence-electron chi connectivity index (χ3n) is 2.44. The van der Waals surface area contributed by atoms with E-state index in [0.717, 1.165) is 5.56 Å². The first-order chi connectivity index (χ1) is 7.91. The first-order valence-corrected chi connectivity index (χ1v) is 6.11. The molecule has 0 saturated heterocycles. The molecule has 3 nitrogen and oxygen atoms in total. The van der Waals surface area contributed by atoms with Gasteiger partial charge in [0.05, 0.1) is 4.47 Å². The highest BCUT2D eigenvalue weighted by molar-refractivity contribution is 9.10. The number of hydrogen-bond donors (Lipinski definition) is 2. The van der Waals surface area contributed by atoms with E-state index in [-0.39, 0.29) is 11.7 Å². The summed E-state index contributed by atoms with van der Waals surface area (Å²) >= 11 is 3.07. The van der Waals surface area contributed by atoms with Crippen molar-refractivity contribution in [1.82, 2.24) is 5.32 Å². The smallest absolute Gasteiger partial charge is 0.320 e. The van der Waals surface area contributed by atoms with Crippen LogP contribution in [0.2, 0.25) is 0 Å². The Balaban J connectivity index is 2.65. The number of carbonyl (C=O) groups is 1. The number of benzene rings is 1. The molecule has 1 aromatic rings. The van der Waals surface area contributed by atoms with Crippen LogP contribution in [0.4, 0.5) is 4.39 Å². The second-order valence-corrected chi connectivity index (χ2v) is 5.04. The lowest BCUT2D eigenvalue weighted by atomic mass is 10.0. The average Bonchev–Trinajstić information content (AvgIpc) is 2.22. The molecule has 0 fully saturated rings. The molecular weight excluding hydrogens is 289 g/mol. The van der Waals surface area contributed by atoms with Gasteiger partial charge in [-0.3, -0.25) is 4.79 Å². The molecule has 0 aromatic heterocycles. The number of aliphatic carboxylic acids is 1. The molecular formula is C12H15BrFNO2. The number of halogens is 2. The molecule has 0 aliphatic rings. The van der Waals surface area contributed by atoms with Gasteiger partial charge >= 0.3 is 5.97 Å². The van der Waals surface area contributed by atoms with Gasteiger partial charge in [0.15, 0.2) is 0 Å². The fourth-order valence-corrected chi connectivity index (χ4v) is 1.73. The van der Waals surface area contributed by atoms with Crippen molar-refractivity contribution in [2.75, 3.05) is 0 Å². The van der Waals surface area contributed by atoms with E-state index in [1.165, 1.54) is 6.07 Å². The second kappa shape index (κ2) is 6.12. The van der Waals surface area contributed by atoms with Gasteiger partial charge in [-0.15, -0.1) is 0 Å². The quantitative estimate of drug-likeness (QED) is 0.879. The summed E-state index contributed by atoms with van der Waals surface area (Å²) in [6.07, 6.45) is 0. The molecule has 1 rings (SSSR count). The second-order valence-electron chi connectivity index (χ2n) is 4.19. The van der Waals surface area contributed by atoms with E-state index in [9.17, 15) is 9.18 Å². The van der Waals surface area contributed by atoms with Crippen LogP contribution >= 0.6 is 15.9 Å². The molecule has 2 N–H and O–H groups in total. The summed E-state index contributed by atoms with van der Waals surface area (Å²) in [4.78, 5) is 10.9. The lowest BCUT2D eigenvalue weighted by Crippen LogP contribution is -2.40. The van der Waals surface area contributed by atoms with Gasteiger partial charge in [0, 0.05) is 6.54 Å². The van der Waals surface area contributed by atoms with Crippen molar-refractivity contribution in [2.24, 2.45) is 5.92 Å². The minimum absolute atomic E-state index is 0.0206. The fraction of sp³-hybridized carbons (Fsp3) is 0.417. The Morgan fingerprint density at radius 2 is 2.18 bits per heavy atom. The fourth-order valence-electron chi connectivity index (χ4n) is 1.49. The number of hydrogen-bond acceptors (Lipinski definition) is 2. The van der Waals surface area contributed by atoms with Gasteiger partial charge in [-0.1, -0.05) is 19.9 Å². The molecule has 0 heterocycles. The maximum Gasteiger partial charge on any atom is 0.320 e. The zero-order valence-electron chi connectivity index (χ0n) is 9.71. The molecule has 0 radical (unpaired) electrons. The van der Waals surface area contributed by atoms with Gasteiger partial charge in [-0.05, 0) is 39.5 Å². The summed E-state index contributed by atoms with van der Waals surface area (Å²) in [5, 5.41) is 11.9. The van der Waals surface area contributed by atoms with E-state index in [1.807, 2.05) is 13.8 Å². The molecule has 1 atom stereocenters. The van der Waals surface area contributed by atoms with Crippen LogP contribution in [-0.4, -0.2) is 17.1 Å². The largest absolute Gasteiger partial charge is 0.480 e. The average molecular weight is 304 g/mol. The minimum Gasteiger partial charge on any atom is -0.480 e. The topological polar surface area (TPSA) is 49.3 Å². The summed E-state index contributed by atoms with van der Waals surface area (Å²) < 4.78 is 13.6. The minimum atomic E-state index is -0.891. The Hall–Kier alpha value is -0.940. The van der Waals surface area contributed by atoms with Crippen molar-refractivity contribution in [3.05, 3.63) is 34.1 Å². The summed E-state index contributed by atoms with van der Waals surface area (Å²) in [6.45, 7) is 3.99. The van der Waals surface area contributed by atoms with Crippen molar-refractivity contribution < 1.29 is 14.3 Å². The Labute approximate surface area is 108 Å². The van der Waals surface area contributed by atoms with Crippen molar-refractivity contribution in [1.29, 1.82) is 0 Å². The van der Waals surface area contributed by atoms with E-state index in [4.69, 9.17) is 5.11 Å². The maximum atomic E-state index is 13.2. The Morgan fingerprint density at radius 1 is 1.53 bits per heavy atom. The first-order valence-electron chi connectivity index (χ1n) is 5.32. The number of rotatable bonds is 5. The normalized spacial score (nSPS) is 12.8. The third kappa shape index (κ3) is 4.09. The number of carboxylic acid groups (broad SMARTS) is 1. The van der Waals surface area contributed by atoms with E-state index >= 15 is 0 Å². The Morgan fingerprint density at radius 3 is 2.65 bits per heavy atom. The third-order valence-corrected chi connectivity index (χ3v) is 3.09. The van der Waals surface area contributed by atoms with Crippen LogP contribution < -0.4 is 5.32 Å². The number of carboxylic acids is 1. The highest BCUT2D eigenvalue weighted by Crippen LogP contribution is 2.16. The van der Waals surface area contributed by atoms with Gasteiger partial charge in [-0.25, -0.2) is 4.39 Å². The number of nitrogens with one attached hydrogen (secondary N) is 1. The molecule has 0 aliphatic carbocycles. The standard InChI is InChI=1S/C12H15BrFNO2/c1-7(2)11(12(16)17)15-6-8-3-4-9(13)10(14)5-8/h3-5,7,11,15H,6H2,1-2H3,(H,16,17)/t11-/m0/s1. The van der Waals surface area contributed by atoms with Crippen LogP contribution in [-0.2, 0) is 11.3 Å². The van der Waals surface area contributed by atoms with Crippen LogP contribution in [0.1, 0.15) is 19.4 Å². The Kier molecular flexibility index (Phi) is 5.08. The summed E-state index contributed by atoms with van der Waals surface area (Å²) in [5.41, 5.74) is 0.720. The summed E-state index contributed by atoms with van der Waals surface area (Å²) in [5.74, 6) is -1.26. The lowest BCUT2D eigenvalue weighted by molar-refractivity contribution is -0.140. The molecule has 0 amide bonds. The predicted molar refractivity (Wildman–Crippen MR) is 67.2 cm³/mol. The van der Waals surface area contributed by atoms with Gasteiger partial charge in [0.25, 0.3) is 0 Å². The predicted octanol–water partition coefficient (Wildman–Crippen LogP) is 2.79. The molecule has 94 valence electrons. The molecule has 5 heteroatoms. The highest BCUT2D eigenvalue weighted by Gasteiger charge is 2.20. The van der Waals surface area contributed by atoms with E-state index in [0.29, 0.717) is 11.0 Å². The van der Waals surface area contributed by atoms with E-state index in [2.05, 4.69) is 21.2 Å². The molecule has 0 aliphatic heterocycles. The van der Waals surface area contributed by atoms with Crippen LogP contribution in [0.5, 0.6) is 0 Å². The van der Waals surface area contributed by atoms with Gasteiger partial charge in [0.2, 0.25) is 0 Å². The zero-order chi connectivity index (χ0) is 13.0. The van der Waals surface area contributed by atoms with Crippen molar-refractivity contribution in [2.45, 2.75) is 26.4 Å².